The molecule has 0 bridgehead atoms. The van der Waals surface area contributed by atoms with Crippen LogP contribution in [0.1, 0.15) is 23.5 Å². The highest BCUT2D eigenvalue weighted by Crippen LogP contribution is 2.25. The van der Waals surface area contributed by atoms with Crippen LogP contribution in [-0.4, -0.2) is 42.1 Å². The highest BCUT2D eigenvalue weighted by molar-refractivity contribution is 6.43. The van der Waals surface area contributed by atoms with Crippen molar-refractivity contribution in [2.75, 3.05) is 25.6 Å². The Morgan fingerprint density at radius 1 is 0.903 bits per heavy atom. The van der Waals surface area contributed by atoms with Crippen LogP contribution >= 0.6 is 0 Å². The van der Waals surface area contributed by atoms with Crippen LogP contribution in [0, 0.1) is 0 Å². The van der Waals surface area contributed by atoms with Gasteiger partial charge in [0.05, 0.1) is 6.61 Å². The third-order valence-corrected chi connectivity index (χ3v) is 5.38. The van der Waals surface area contributed by atoms with Gasteiger partial charge < -0.3 is 15.5 Å². The van der Waals surface area contributed by atoms with Gasteiger partial charge in [0.25, 0.3) is 5.91 Å². The molecule has 5 heteroatoms. The van der Waals surface area contributed by atoms with Gasteiger partial charge in [0.15, 0.2) is 0 Å². The number of carbonyl (C=O) groups excluding carboxylic acids is 1. The molecule has 160 valence electrons. The number of aliphatic imine (C=N–C) groups is 1. The van der Waals surface area contributed by atoms with Crippen molar-refractivity contribution < 1.29 is 15.0 Å². The number of anilines is 1. The third kappa shape index (κ3) is 6.10. The molecule has 0 aliphatic rings. The highest BCUT2D eigenvalue weighted by Gasteiger charge is 2.13. The van der Waals surface area contributed by atoms with Gasteiger partial charge in [-0.2, -0.15) is 0 Å². The van der Waals surface area contributed by atoms with E-state index in [0.29, 0.717) is 5.69 Å². The smallest absolute Gasteiger partial charge is 0.271 e. The van der Waals surface area contributed by atoms with Crippen LogP contribution < -0.4 is 5.32 Å². The standard InChI is InChI=1S/C26H28N2O3/c1-27-25(18-30)26(31)28-24-15-13-22(14-16-24)23(17-29)12-9-19-7-10-21(11-8-19)20-5-3-2-4-6-20/h2-8,10-11,13-16,23,29-30H,9,12,17-18H2,1H3,(H,28,31). The van der Waals surface area contributed by atoms with E-state index in [1.54, 1.807) is 12.1 Å². The molecule has 3 aromatic carbocycles. The summed E-state index contributed by atoms with van der Waals surface area (Å²) in [4.78, 5) is 15.7. The topological polar surface area (TPSA) is 81.9 Å². The second-order valence-electron chi connectivity index (χ2n) is 7.39. The predicted octanol–water partition coefficient (Wildman–Crippen LogP) is 4.06. The van der Waals surface area contributed by atoms with Crippen LogP contribution in [0.25, 0.3) is 11.1 Å². The quantitative estimate of drug-likeness (QED) is 0.460. The number of rotatable bonds is 9. The van der Waals surface area contributed by atoms with E-state index >= 15 is 0 Å². The molecule has 31 heavy (non-hydrogen) atoms. The van der Waals surface area contributed by atoms with Crippen molar-refractivity contribution >= 4 is 17.3 Å². The molecule has 0 fully saturated rings. The number of amides is 1. The van der Waals surface area contributed by atoms with Crippen molar-refractivity contribution in [3.8, 4) is 11.1 Å². The Bertz CT molecular complexity index is 997. The molecule has 1 atom stereocenters. The Morgan fingerprint density at radius 3 is 2.13 bits per heavy atom. The summed E-state index contributed by atoms with van der Waals surface area (Å²) in [7, 11) is 1.47. The zero-order chi connectivity index (χ0) is 22.1. The summed E-state index contributed by atoms with van der Waals surface area (Å²) in [6.07, 6.45) is 1.69. The van der Waals surface area contributed by atoms with Crippen molar-refractivity contribution in [3.05, 3.63) is 90.0 Å². The first kappa shape index (κ1) is 22.4. The maximum atomic E-state index is 12.0. The fourth-order valence-corrected chi connectivity index (χ4v) is 3.48. The van der Waals surface area contributed by atoms with E-state index in [9.17, 15) is 9.90 Å². The summed E-state index contributed by atoms with van der Waals surface area (Å²) in [5.41, 5.74) is 5.35. The van der Waals surface area contributed by atoms with Crippen molar-refractivity contribution in [1.29, 1.82) is 0 Å². The van der Waals surface area contributed by atoms with Crippen molar-refractivity contribution in [1.82, 2.24) is 0 Å². The van der Waals surface area contributed by atoms with E-state index in [1.807, 2.05) is 30.3 Å². The molecule has 0 aliphatic heterocycles. The van der Waals surface area contributed by atoms with Crippen LogP contribution in [0.3, 0.4) is 0 Å². The Labute approximate surface area is 183 Å². The molecule has 0 aliphatic carbocycles. The molecular formula is C26H28N2O3. The summed E-state index contributed by atoms with van der Waals surface area (Å²) in [6.45, 7) is -0.343. The number of nitrogens with zero attached hydrogens (tertiary/aromatic N) is 1. The van der Waals surface area contributed by atoms with Gasteiger partial charge in [0.1, 0.15) is 5.71 Å². The second-order valence-corrected chi connectivity index (χ2v) is 7.39. The molecule has 1 unspecified atom stereocenters. The van der Waals surface area contributed by atoms with Gasteiger partial charge in [-0.15, -0.1) is 0 Å². The Balaban J connectivity index is 1.59. The summed E-state index contributed by atoms with van der Waals surface area (Å²) < 4.78 is 0. The van der Waals surface area contributed by atoms with Gasteiger partial charge in [-0.05, 0) is 47.2 Å². The zero-order valence-electron chi connectivity index (χ0n) is 17.7. The third-order valence-electron chi connectivity index (χ3n) is 5.38. The molecular weight excluding hydrogens is 388 g/mol. The molecule has 0 radical (unpaired) electrons. The van der Waals surface area contributed by atoms with E-state index in [-0.39, 0.29) is 18.2 Å². The number of carbonyl (C=O) groups is 1. The Kier molecular flexibility index (Phi) is 8.10. The van der Waals surface area contributed by atoms with Gasteiger partial charge in [-0.1, -0.05) is 66.7 Å². The van der Waals surface area contributed by atoms with E-state index in [2.05, 4.69) is 46.7 Å². The monoisotopic (exact) mass is 416 g/mol. The molecule has 5 nitrogen and oxygen atoms in total. The predicted molar refractivity (Wildman–Crippen MR) is 126 cm³/mol. The highest BCUT2D eigenvalue weighted by atomic mass is 16.3. The van der Waals surface area contributed by atoms with Crippen LogP contribution in [0.5, 0.6) is 0 Å². The first-order valence-corrected chi connectivity index (χ1v) is 10.4. The molecule has 3 rings (SSSR count). The first-order chi connectivity index (χ1) is 15.1. The lowest BCUT2D eigenvalue weighted by atomic mass is 9.92. The molecule has 0 saturated carbocycles. The lowest BCUT2D eigenvalue weighted by Crippen LogP contribution is -2.25. The minimum atomic E-state index is -0.421. The molecule has 0 saturated heterocycles. The molecule has 0 heterocycles. The van der Waals surface area contributed by atoms with Crippen LogP contribution in [0.4, 0.5) is 5.69 Å². The van der Waals surface area contributed by atoms with Crippen LogP contribution in [-0.2, 0) is 11.2 Å². The summed E-state index contributed by atoms with van der Waals surface area (Å²) in [5, 5.41) is 21.7. The van der Waals surface area contributed by atoms with Gasteiger partial charge in [-0.3, -0.25) is 9.79 Å². The zero-order valence-corrected chi connectivity index (χ0v) is 17.7. The SMILES string of the molecule is CN=C(CO)C(=O)Nc1ccc(C(CO)CCc2ccc(-c3ccccc3)cc2)cc1. The Morgan fingerprint density at radius 2 is 1.55 bits per heavy atom. The van der Waals surface area contributed by atoms with Gasteiger partial charge in [-0.25, -0.2) is 0 Å². The average Bonchev–Trinajstić information content (AvgIpc) is 2.82. The second kappa shape index (κ2) is 11.2. The van der Waals surface area contributed by atoms with Gasteiger partial charge in [0.2, 0.25) is 0 Å². The number of aryl methyl sites for hydroxylation is 1. The summed E-state index contributed by atoms with van der Waals surface area (Å²) >= 11 is 0. The van der Waals surface area contributed by atoms with Crippen LogP contribution in [0.2, 0.25) is 0 Å². The number of hydrogen-bond acceptors (Lipinski definition) is 4. The normalized spacial score (nSPS) is 12.4. The minimum absolute atomic E-state index is 0.0174. The number of aliphatic hydroxyl groups is 2. The summed E-state index contributed by atoms with van der Waals surface area (Å²) in [6, 6.07) is 26.3. The van der Waals surface area contributed by atoms with Gasteiger partial charge in [0, 0.05) is 25.3 Å². The van der Waals surface area contributed by atoms with Gasteiger partial charge >= 0.3 is 0 Å². The fourth-order valence-electron chi connectivity index (χ4n) is 3.48. The number of hydrogen-bond donors (Lipinski definition) is 3. The molecule has 3 aromatic rings. The first-order valence-electron chi connectivity index (χ1n) is 10.4. The minimum Gasteiger partial charge on any atom is -0.396 e. The van der Waals surface area contributed by atoms with E-state index in [4.69, 9.17) is 5.11 Å². The van der Waals surface area contributed by atoms with Crippen molar-refractivity contribution in [2.24, 2.45) is 4.99 Å². The molecule has 0 spiro atoms. The maximum absolute atomic E-state index is 12.0. The van der Waals surface area contributed by atoms with E-state index in [1.165, 1.54) is 23.7 Å². The Hall–Kier alpha value is -3.28. The van der Waals surface area contributed by atoms with E-state index < -0.39 is 12.5 Å². The molecule has 1 amide bonds. The molecule has 0 aromatic heterocycles. The number of benzene rings is 3. The van der Waals surface area contributed by atoms with Crippen molar-refractivity contribution in [3.63, 3.8) is 0 Å². The van der Waals surface area contributed by atoms with Crippen molar-refractivity contribution in [2.45, 2.75) is 18.8 Å². The van der Waals surface area contributed by atoms with E-state index in [0.717, 1.165) is 18.4 Å². The summed E-state index contributed by atoms with van der Waals surface area (Å²) in [5.74, 6) is -0.404. The average molecular weight is 417 g/mol. The lowest BCUT2D eigenvalue weighted by Gasteiger charge is -2.16. The maximum Gasteiger partial charge on any atom is 0.271 e. The van der Waals surface area contributed by atoms with Crippen LogP contribution in [0.15, 0.2) is 83.9 Å². The largest absolute Gasteiger partial charge is 0.396 e. The number of aliphatic hydroxyl groups excluding tert-OH is 2. The molecule has 3 N–H and O–H groups in total. The fraction of sp³-hybridized carbons (Fsp3) is 0.231. The number of nitrogens with one attached hydrogen (secondary N) is 1. The lowest BCUT2D eigenvalue weighted by molar-refractivity contribution is -0.110.